The molecule has 4 saturated heterocycles. The maximum Gasteiger partial charge on any atom is 0.334 e. The molecule has 6 N–H and O–H groups in total. The van der Waals surface area contributed by atoms with E-state index in [1.54, 1.807) is 13.0 Å². The molecule has 4 heterocycles. The molecule has 7 unspecified atom stereocenters. The molecule has 244 valence electrons. The number of nitrogens with zero attached hydrogens (tertiary/aromatic N) is 1. The summed E-state index contributed by atoms with van der Waals surface area (Å²) in [6, 6.07) is 0. The molecule has 44 heavy (non-hydrogen) atoms. The average molecular weight is 615 g/mol. The first-order valence-corrected chi connectivity index (χ1v) is 17.1. The molecular weight excluding hydrogens is 560 g/mol. The van der Waals surface area contributed by atoms with E-state index < -0.39 is 11.2 Å². The minimum absolute atomic E-state index is 0.0581. The molecule has 5 fully saturated rings. The number of esters is 2. The van der Waals surface area contributed by atoms with Crippen molar-refractivity contribution in [2.75, 3.05) is 33.2 Å². The number of fused-ring (bicyclic) bond motifs is 2. The summed E-state index contributed by atoms with van der Waals surface area (Å²) in [5.74, 6) is 1.19. The van der Waals surface area contributed by atoms with Crippen LogP contribution < -0.4 is 16.4 Å². The quantitative estimate of drug-likeness (QED) is 0.217. The molecule has 0 aromatic rings. The number of nitrogens with two attached hydrogens (primary N) is 3. The van der Waals surface area contributed by atoms with Crippen molar-refractivity contribution in [3.63, 3.8) is 0 Å². The summed E-state index contributed by atoms with van der Waals surface area (Å²) in [6.45, 7) is 9.22. The largest absolute Gasteiger partial charge is 0.462 e. The van der Waals surface area contributed by atoms with Crippen molar-refractivity contribution in [1.29, 1.82) is 0 Å². The van der Waals surface area contributed by atoms with E-state index in [2.05, 4.69) is 36.8 Å². The Bertz CT molecular complexity index is 1180. The van der Waals surface area contributed by atoms with Gasteiger partial charge in [-0.3, -0.25) is 15.3 Å². The number of hydrogen-bond donors (Lipinski definition) is 3. The fourth-order valence-electron chi connectivity index (χ4n) is 9.46. The van der Waals surface area contributed by atoms with Gasteiger partial charge in [0, 0.05) is 68.5 Å². The third kappa shape index (κ3) is 5.76. The van der Waals surface area contributed by atoms with Crippen LogP contribution in [0, 0.1) is 35.5 Å². The number of ether oxygens (including phenoxy) is 3. The first-order chi connectivity index (χ1) is 21.1. The van der Waals surface area contributed by atoms with Gasteiger partial charge in [-0.25, -0.2) is 4.79 Å². The second-order valence-electron chi connectivity index (χ2n) is 14.9. The van der Waals surface area contributed by atoms with Crippen molar-refractivity contribution < 1.29 is 39.2 Å². The van der Waals surface area contributed by atoms with Crippen molar-refractivity contribution in [1.82, 2.24) is 4.90 Å². The SMILES string of the molecule is CC=C(C)C(=O)O[C@@]1(C)CC=C[C@H](C2CC(N)[NH2+]CC2CC(=O)N2CC(C[NH2+]C)C2)[C@@]12CC1CC3CCC(=O)OC3CC1O2. The van der Waals surface area contributed by atoms with E-state index in [9.17, 15) is 14.4 Å². The number of hydrogen-bond acceptors (Lipinski definition) is 7. The van der Waals surface area contributed by atoms with Crippen molar-refractivity contribution in [2.45, 2.75) is 102 Å². The van der Waals surface area contributed by atoms with Gasteiger partial charge >= 0.3 is 11.9 Å². The highest BCUT2D eigenvalue weighted by atomic mass is 16.6. The lowest BCUT2D eigenvalue weighted by atomic mass is 9.58. The van der Waals surface area contributed by atoms with Gasteiger partial charge in [0.05, 0.1) is 26.2 Å². The smallest absolute Gasteiger partial charge is 0.334 e. The van der Waals surface area contributed by atoms with Gasteiger partial charge in [-0.2, -0.15) is 0 Å². The second-order valence-corrected chi connectivity index (χ2v) is 14.9. The fourth-order valence-corrected chi connectivity index (χ4v) is 9.46. The third-order valence-electron chi connectivity index (χ3n) is 12.1. The van der Waals surface area contributed by atoms with Gasteiger partial charge in [-0.05, 0) is 57.8 Å². The molecule has 1 amide bonds. The van der Waals surface area contributed by atoms with E-state index in [-0.39, 0.29) is 54.0 Å². The van der Waals surface area contributed by atoms with Crippen LogP contribution in [0.25, 0.3) is 0 Å². The number of carbonyl (C=O) groups is 3. The van der Waals surface area contributed by atoms with E-state index in [1.807, 2.05) is 11.8 Å². The van der Waals surface area contributed by atoms with E-state index in [0.29, 0.717) is 49.0 Å². The Morgan fingerprint density at radius 1 is 1.23 bits per heavy atom. The molecule has 6 rings (SSSR count). The topological polar surface area (TPSA) is 141 Å². The first-order valence-electron chi connectivity index (χ1n) is 17.1. The van der Waals surface area contributed by atoms with E-state index in [4.69, 9.17) is 19.9 Å². The van der Waals surface area contributed by atoms with E-state index in [0.717, 1.165) is 51.9 Å². The Balaban J connectivity index is 1.30. The molecule has 1 saturated carbocycles. The number of rotatable bonds is 7. The number of piperidine rings is 1. The molecule has 4 aliphatic heterocycles. The maximum absolute atomic E-state index is 13.5. The summed E-state index contributed by atoms with van der Waals surface area (Å²) in [4.78, 5) is 41.1. The molecular formula is C34H54N4O6+2. The molecule has 0 aromatic carbocycles. The lowest BCUT2D eigenvalue weighted by molar-refractivity contribution is -0.706. The summed E-state index contributed by atoms with van der Waals surface area (Å²) in [6.07, 6.45) is 11.6. The highest BCUT2D eigenvalue weighted by molar-refractivity contribution is 5.88. The van der Waals surface area contributed by atoms with Gasteiger partial charge in [0.1, 0.15) is 23.5 Å². The number of quaternary nitrogens is 2. The molecule has 0 bridgehead atoms. The first kappa shape index (κ1) is 31.7. The summed E-state index contributed by atoms with van der Waals surface area (Å²) in [7, 11) is 2.08. The normalized spacial score (nSPS) is 42.3. The molecule has 1 spiro atoms. The van der Waals surface area contributed by atoms with Crippen LogP contribution in [0.4, 0.5) is 0 Å². The monoisotopic (exact) mass is 614 g/mol. The Hall–Kier alpha value is -2.27. The van der Waals surface area contributed by atoms with Crippen molar-refractivity contribution in [2.24, 2.45) is 41.2 Å². The van der Waals surface area contributed by atoms with E-state index in [1.165, 1.54) is 0 Å². The van der Waals surface area contributed by atoms with Crippen LogP contribution in [0.2, 0.25) is 0 Å². The van der Waals surface area contributed by atoms with Crippen LogP contribution in [0.15, 0.2) is 23.8 Å². The zero-order chi connectivity index (χ0) is 31.2. The number of carbonyl (C=O) groups excluding carboxylic acids is 3. The highest BCUT2D eigenvalue weighted by Gasteiger charge is 2.66. The Kier molecular flexibility index (Phi) is 9.00. The third-order valence-corrected chi connectivity index (χ3v) is 12.1. The Labute approximate surface area is 261 Å². The lowest BCUT2D eigenvalue weighted by Gasteiger charge is -2.54. The van der Waals surface area contributed by atoms with Crippen molar-refractivity contribution in [3.05, 3.63) is 23.8 Å². The predicted octanol–water partition coefficient (Wildman–Crippen LogP) is 0.616. The molecule has 6 aliphatic rings. The van der Waals surface area contributed by atoms with Gasteiger partial charge in [-0.15, -0.1) is 0 Å². The zero-order valence-corrected chi connectivity index (χ0v) is 27.0. The van der Waals surface area contributed by atoms with Gasteiger partial charge < -0.3 is 29.7 Å². The summed E-state index contributed by atoms with van der Waals surface area (Å²) >= 11 is 0. The number of amides is 1. The van der Waals surface area contributed by atoms with Crippen LogP contribution >= 0.6 is 0 Å². The minimum atomic E-state index is -0.895. The average Bonchev–Trinajstić information content (AvgIpc) is 3.34. The van der Waals surface area contributed by atoms with Gasteiger partial charge in [0.2, 0.25) is 5.91 Å². The maximum atomic E-state index is 13.5. The Morgan fingerprint density at radius 3 is 2.77 bits per heavy atom. The lowest BCUT2D eigenvalue weighted by Crippen LogP contribution is -2.96. The molecule has 2 aliphatic carbocycles. The van der Waals surface area contributed by atoms with Crippen LogP contribution in [0.3, 0.4) is 0 Å². The molecule has 10 nitrogen and oxygen atoms in total. The fraction of sp³-hybridized carbons (Fsp3) is 0.794. The number of allylic oxidation sites excluding steroid dienone is 1. The van der Waals surface area contributed by atoms with Crippen molar-refractivity contribution in [3.8, 4) is 0 Å². The summed E-state index contributed by atoms with van der Waals surface area (Å²) in [5.41, 5.74) is 5.53. The zero-order valence-electron chi connectivity index (χ0n) is 27.0. The standard InChI is InChI=1S/C34H52N4O6/c1-5-20(2)32(41)44-33(3)10-6-7-26(34(33)15-23-11-22-8-9-31(40)42-27(22)14-28(23)43-34)25-13-29(35)37-17-24(25)12-30(39)38-18-21(19-38)16-36-4/h5-7,21-29,36-37H,8-19,35H2,1-4H3/p+2/t22?,23?,24?,25?,26-,27?,28?,29?,33+,34+/m1/s1. The minimum Gasteiger partial charge on any atom is -0.462 e. The van der Waals surface area contributed by atoms with Crippen LogP contribution in [0.1, 0.15) is 72.1 Å². The summed E-state index contributed by atoms with van der Waals surface area (Å²) < 4.78 is 19.6. The molecule has 0 aromatic heterocycles. The van der Waals surface area contributed by atoms with Gasteiger partial charge in [0.25, 0.3) is 0 Å². The van der Waals surface area contributed by atoms with E-state index >= 15 is 0 Å². The van der Waals surface area contributed by atoms with Crippen LogP contribution in [0.5, 0.6) is 0 Å². The van der Waals surface area contributed by atoms with Crippen LogP contribution in [-0.4, -0.2) is 85.5 Å². The number of likely N-dealkylation sites (tertiary alicyclic amines) is 1. The van der Waals surface area contributed by atoms with Gasteiger partial charge in [-0.1, -0.05) is 18.2 Å². The molecule has 10 heteroatoms. The molecule has 10 atom stereocenters. The second kappa shape index (κ2) is 12.5. The highest BCUT2D eigenvalue weighted by Crippen LogP contribution is 2.59. The Morgan fingerprint density at radius 2 is 2.02 bits per heavy atom. The summed E-state index contributed by atoms with van der Waals surface area (Å²) in [5, 5.41) is 4.37. The molecule has 0 radical (unpaired) electrons. The van der Waals surface area contributed by atoms with Crippen LogP contribution in [-0.2, 0) is 28.6 Å². The predicted molar refractivity (Wildman–Crippen MR) is 162 cm³/mol. The van der Waals surface area contributed by atoms with Crippen molar-refractivity contribution >= 4 is 17.8 Å². The van der Waals surface area contributed by atoms with Gasteiger partial charge in [0.15, 0.2) is 0 Å².